The first kappa shape index (κ1) is 74.4. The molecule has 1 amide bonds. The van der Waals surface area contributed by atoms with E-state index in [0.29, 0.717) is 12.1 Å². The molecular weight excluding hydrogens is 1070 g/mol. The van der Waals surface area contributed by atoms with Crippen LogP contribution < -0.4 is 10.2 Å². The first-order valence-corrected chi connectivity index (χ1v) is 30.4. The summed E-state index contributed by atoms with van der Waals surface area (Å²) >= 11 is 13.5. The third kappa shape index (κ3) is 25.8. The number of thiocarbonyl (C=S) groups is 1. The number of carbonyl (C=O) groups excluding carboxylic acids is 1. The molecule has 0 aliphatic carbocycles. The highest BCUT2D eigenvalue weighted by molar-refractivity contribution is 7.90. The van der Waals surface area contributed by atoms with Crippen LogP contribution in [0.1, 0.15) is 154 Å². The molecule has 6 nitrogen and oxygen atoms in total. The second kappa shape index (κ2) is 35.5. The number of quaternary nitrogens is 1. The Hall–Kier alpha value is -4.59. The number of allylic oxidation sites excluding steroid dienone is 3. The lowest BCUT2D eigenvalue weighted by Crippen LogP contribution is -2.53. The number of alkyl halides is 3. The first-order chi connectivity index (χ1) is 37.7. The SMILES string of the molecule is C=C(CCC[N+](C)(C)C)OC1CC(CCC)N(C(=O)C(NC)C(C)(C)C)C1.C=CCCCc1ccc(-c2ccc(N(C(C)=S)C(C)(C)C(=C)C)cc2)cc1.CCc1ccc(C(S)=C(C)C)cc1.CS.Cc1ccc(C)c(C(F)(F)F)c1. The molecule has 0 aromatic heterocycles. The van der Waals surface area contributed by atoms with Crippen LogP contribution in [0.3, 0.4) is 0 Å². The number of ether oxygens (including phenoxy) is 1. The topological polar surface area (TPSA) is 44.8 Å². The van der Waals surface area contributed by atoms with Gasteiger partial charge in [0, 0.05) is 35.9 Å². The Kier molecular flexibility index (Phi) is 32.6. The molecule has 1 aliphatic rings. The summed E-state index contributed by atoms with van der Waals surface area (Å²) in [6, 6.07) is 30.5. The minimum absolute atomic E-state index is 0.0691. The Labute approximate surface area is 507 Å². The number of hydrogen-bond donors (Lipinski definition) is 3. The first-order valence-electron chi connectivity index (χ1n) is 28.7. The summed E-state index contributed by atoms with van der Waals surface area (Å²) in [7, 11) is 8.48. The highest BCUT2D eigenvalue weighted by atomic mass is 32.1. The van der Waals surface area contributed by atoms with Crippen molar-refractivity contribution in [2.24, 2.45) is 5.41 Å². The largest absolute Gasteiger partial charge is 0.493 e. The normalized spacial score (nSPS) is 14.4. The monoisotopic (exact) mass is 1170 g/mol. The molecule has 0 bridgehead atoms. The third-order valence-electron chi connectivity index (χ3n) is 14.3. The Morgan fingerprint density at radius 2 is 1.41 bits per heavy atom. The number of nitrogens with one attached hydrogen (secondary N) is 1. The van der Waals surface area contributed by atoms with Crippen LogP contribution in [-0.4, -0.2) is 91.5 Å². The van der Waals surface area contributed by atoms with Crippen molar-refractivity contribution in [2.45, 2.75) is 178 Å². The van der Waals surface area contributed by atoms with Crippen LogP contribution in [0.4, 0.5) is 18.9 Å². The summed E-state index contributed by atoms with van der Waals surface area (Å²) in [6.45, 7) is 40.1. The minimum Gasteiger partial charge on any atom is -0.493 e. The molecule has 450 valence electrons. The number of amides is 1. The van der Waals surface area contributed by atoms with Gasteiger partial charge < -0.3 is 24.3 Å². The number of aryl methyl sites for hydroxylation is 4. The zero-order chi connectivity index (χ0) is 62.1. The van der Waals surface area contributed by atoms with Crippen LogP contribution in [0.15, 0.2) is 134 Å². The summed E-state index contributed by atoms with van der Waals surface area (Å²) in [5.74, 6) is 1.06. The molecule has 0 spiro atoms. The van der Waals surface area contributed by atoms with Crippen molar-refractivity contribution in [3.63, 3.8) is 0 Å². The van der Waals surface area contributed by atoms with Gasteiger partial charge in [-0.25, -0.2) is 0 Å². The van der Waals surface area contributed by atoms with Crippen molar-refractivity contribution in [1.29, 1.82) is 0 Å². The van der Waals surface area contributed by atoms with Crippen molar-refractivity contribution < 1.29 is 27.2 Å². The van der Waals surface area contributed by atoms with Gasteiger partial charge in [0.15, 0.2) is 0 Å². The van der Waals surface area contributed by atoms with Gasteiger partial charge in [-0.1, -0.05) is 162 Å². The predicted molar refractivity (Wildman–Crippen MR) is 357 cm³/mol. The predicted octanol–water partition coefficient (Wildman–Crippen LogP) is 18.6. The van der Waals surface area contributed by atoms with Gasteiger partial charge in [-0.05, 0) is 158 Å². The van der Waals surface area contributed by atoms with Crippen molar-refractivity contribution >= 4 is 59.0 Å². The lowest BCUT2D eigenvalue weighted by atomic mass is 9.85. The fourth-order valence-electron chi connectivity index (χ4n) is 9.41. The smallest absolute Gasteiger partial charge is 0.416 e. The molecule has 4 aromatic carbocycles. The number of likely N-dealkylation sites (N-methyl/N-ethyl adjacent to an activating group) is 1. The number of hydrogen-bond acceptors (Lipinski definition) is 6. The highest BCUT2D eigenvalue weighted by Crippen LogP contribution is 2.34. The average Bonchev–Trinajstić information content (AvgIpc) is 3.79. The lowest BCUT2D eigenvalue weighted by molar-refractivity contribution is -0.870. The molecule has 0 saturated carbocycles. The van der Waals surface area contributed by atoms with Crippen LogP contribution in [0.2, 0.25) is 0 Å². The maximum Gasteiger partial charge on any atom is 0.416 e. The third-order valence-corrected chi connectivity index (χ3v) is 15.2. The van der Waals surface area contributed by atoms with E-state index < -0.39 is 11.7 Å². The fraction of sp³-hybridized carbons (Fsp3) is 0.507. The maximum absolute atomic E-state index is 13.2. The summed E-state index contributed by atoms with van der Waals surface area (Å²) in [5, 5.41) is 3.23. The van der Waals surface area contributed by atoms with Crippen LogP contribution >= 0.6 is 37.5 Å². The average molecular weight is 1170 g/mol. The van der Waals surface area contributed by atoms with Gasteiger partial charge >= 0.3 is 6.18 Å². The molecule has 1 fully saturated rings. The second-order valence-corrected chi connectivity index (χ2v) is 25.0. The molecule has 1 saturated heterocycles. The molecule has 1 heterocycles. The van der Waals surface area contributed by atoms with Crippen molar-refractivity contribution in [1.82, 2.24) is 10.2 Å². The molecule has 3 unspecified atom stereocenters. The standard InChI is InChI=1S/C25H31NS.C22H44N3O2.C12H16S.C9H9F3.CH4S/c1-7-8-9-10-21-11-13-22(14-12-21)23-15-17-24(18-16-23)26(20(4)27)25(5,6)19(2)3;1-10-12-18-15-19(27-17(2)13-11-14-25(7,8)9)16-24(18)21(26)20(23-6)22(3,4)5;1-4-10-5-7-11(8-6-10)12(13)9(2)3;1-6-3-4-7(2)8(5-6)9(10,11)12;1-2/h7,11-18H,1-2,8-10H2,3-6H3;18-20,23H,2,10-16H2,1,3-9H3;5-8,13H,4H2,1-3H3;3-5H,1-2H3;2H,1H3/q;+1;;;. The molecule has 3 atom stereocenters. The summed E-state index contributed by atoms with van der Waals surface area (Å²) in [6.07, 6.45) is 8.91. The van der Waals surface area contributed by atoms with E-state index in [1.807, 2.05) is 20.0 Å². The Morgan fingerprint density at radius 1 is 0.864 bits per heavy atom. The van der Waals surface area contributed by atoms with Crippen molar-refractivity contribution in [2.75, 3.05) is 52.4 Å². The summed E-state index contributed by atoms with van der Waals surface area (Å²) in [5.41, 5.74) is 9.88. The number of halogens is 3. The van der Waals surface area contributed by atoms with E-state index in [2.05, 4.69) is 223 Å². The Morgan fingerprint density at radius 3 is 1.84 bits per heavy atom. The maximum atomic E-state index is 13.2. The zero-order valence-electron chi connectivity index (χ0n) is 53.0. The molecule has 5 rings (SSSR count). The molecular formula is C69H104F3N4O2S3+. The number of rotatable bonds is 20. The Bertz CT molecular complexity index is 2590. The Balaban J connectivity index is 0.000000565. The van der Waals surface area contributed by atoms with Gasteiger partial charge in [-0.2, -0.15) is 25.8 Å². The molecule has 4 aromatic rings. The van der Waals surface area contributed by atoms with Gasteiger partial charge in [0.25, 0.3) is 0 Å². The molecule has 12 heteroatoms. The van der Waals surface area contributed by atoms with E-state index >= 15 is 0 Å². The molecule has 1 aliphatic heterocycles. The van der Waals surface area contributed by atoms with E-state index in [9.17, 15) is 18.0 Å². The van der Waals surface area contributed by atoms with Crippen LogP contribution in [0.25, 0.3) is 16.0 Å². The van der Waals surface area contributed by atoms with E-state index in [1.54, 1.807) is 19.2 Å². The molecule has 0 radical (unpaired) electrons. The second-order valence-electron chi connectivity index (χ2n) is 24.0. The molecule has 81 heavy (non-hydrogen) atoms. The lowest BCUT2D eigenvalue weighted by Gasteiger charge is -2.40. The zero-order valence-corrected chi connectivity index (χ0v) is 55.6. The van der Waals surface area contributed by atoms with E-state index in [1.165, 1.54) is 46.4 Å². The number of likely N-dealkylation sites (tertiary alicyclic amines) is 1. The number of thiol groups is 2. The molecule has 1 N–H and O–H groups in total. The number of nitrogens with zero attached hydrogens (tertiary/aromatic N) is 3. The number of carbonyl (C=O) groups is 1. The minimum atomic E-state index is -4.23. The number of anilines is 1. The van der Waals surface area contributed by atoms with Gasteiger partial charge in [-0.15, -0.1) is 19.2 Å². The summed E-state index contributed by atoms with van der Waals surface area (Å²) < 4.78 is 43.8. The quantitative estimate of drug-likeness (QED) is 0.0206. The fourth-order valence-corrected chi connectivity index (χ4v) is 9.89. The van der Waals surface area contributed by atoms with E-state index in [-0.39, 0.29) is 40.6 Å². The van der Waals surface area contributed by atoms with Crippen LogP contribution in [0.5, 0.6) is 0 Å². The number of benzene rings is 4. The highest BCUT2D eigenvalue weighted by Gasteiger charge is 2.41. The van der Waals surface area contributed by atoms with Crippen molar-refractivity contribution in [3.05, 3.63) is 167 Å². The van der Waals surface area contributed by atoms with Gasteiger partial charge in [0.2, 0.25) is 5.91 Å². The summed E-state index contributed by atoms with van der Waals surface area (Å²) in [4.78, 5) is 19.4. The van der Waals surface area contributed by atoms with E-state index in [4.69, 9.17) is 17.0 Å². The van der Waals surface area contributed by atoms with Gasteiger partial charge in [0.05, 0.1) is 62.1 Å². The van der Waals surface area contributed by atoms with Crippen molar-refractivity contribution in [3.8, 4) is 11.1 Å². The number of unbranched alkanes of at least 4 members (excludes halogenated alkanes) is 1. The van der Waals surface area contributed by atoms with Gasteiger partial charge in [0.1, 0.15) is 6.10 Å². The van der Waals surface area contributed by atoms with Crippen LogP contribution in [0, 0.1) is 19.3 Å². The van der Waals surface area contributed by atoms with Crippen LogP contribution in [-0.2, 0) is 28.5 Å². The van der Waals surface area contributed by atoms with E-state index in [0.717, 1.165) is 102 Å². The van der Waals surface area contributed by atoms with Gasteiger partial charge in [-0.3, -0.25) is 4.79 Å².